The first-order valence-electron chi connectivity index (χ1n) is 4.18. The van der Waals surface area contributed by atoms with E-state index in [4.69, 9.17) is 5.73 Å². The Morgan fingerprint density at radius 2 is 2.21 bits per heavy atom. The van der Waals surface area contributed by atoms with Crippen molar-refractivity contribution in [3.05, 3.63) is 24.3 Å². The quantitative estimate of drug-likeness (QED) is 0.758. The van der Waals surface area contributed by atoms with E-state index in [1.54, 1.807) is 12.4 Å². The number of sulfone groups is 1. The zero-order valence-corrected chi connectivity index (χ0v) is 8.74. The third-order valence-corrected chi connectivity index (χ3v) is 2.74. The minimum atomic E-state index is -2.96. The van der Waals surface area contributed by atoms with Crippen LogP contribution in [0.5, 0.6) is 0 Å². The van der Waals surface area contributed by atoms with Gasteiger partial charge in [0.2, 0.25) is 0 Å². The minimum Gasteiger partial charge on any atom is -0.323 e. The number of nitrogens with zero attached hydrogens (tertiary/aromatic N) is 2. The number of hydrogen-bond acceptors (Lipinski definition) is 5. The highest BCUT2D eigenvalue weighted by atomic mass is 32.2. The molecule has 5 nitrogen and oxygen atoms in total. The van der Waals surface area contributed by atoms with E-state index in [2.05, 4.69) is 9.97 Å². The Labute approximate surface area is 83.3 Å². The minimum absolute atomic E-state index is 0.0741. The van der Waals surface area contributed by atoms with E-state index in [0.717, 1.165) is 0 Å². The monoisotopic (exact) mass is 215 g/mol. The van der Waals surface area contributed by atoms with Crippen molar-refractivity contribution in [3.8, 4) is 0 Å². The van der Waals surface area contributed by atoms with Gasteiger partial charge in [0, 0.05) is 30.9 Å². The summed E-state index contributed by atoms with van der Waals surface area (Å²) in [5.41, 5.74) is 6.36. The van der Waals surface area contributed by atoms with Crippen LogP contribution < -0.4 is 5.73 Å². The zero-order valence-electron chi connectivity index (χ0n) is 7.92. The molecule has 0 radical (unpaired) electrons. The van der Waals surface area contributed by atoms with Gasteiger partial charge in [-0.1, -0.05) is 0 Å². The van der Waals surface area contributed by atoms with Crippen molar-refractivity contribution in [1.29, 1.82) is 0 Å². The standard InChI is InChI=1S/C8H13N3O2S/c1-14(12,13)5-2-7(9)8-6-10-3-4-11-8/h3-4,6-7H,2,5,9H2,1H3. The summed E-state index contributed by atoms with van der Waals surface area (Å²) in [6.45, 7) is 0. The molecular formula is C8H13N3O2S. The molecule has 1 aromatic heterocycles. The predicted octanol–water partition coefficient (Wildman–Crippen LogP) is -0.0889. The molecule has 1 aromatic rings. The maximum atomic E-state index is 10.9. The smallest absolute Gasteiger partial charge is 0.147 e. The van der Waals surface area contributed by atoms with Gasteiger partial charge in [-0.25, -0.2) is 8.42 Å². The molecule has 2 N–H and O–H groups in total. The van der Waals surface area contributed by atoms with Crippen LogP contribution in [0, 0.1) is 0 Å². The van der Waals surface area contributed by atoms with Gasteiger partial charge in [-0.05, 0) is 6.42 Å². The van der Waals surface area contributed by atoms with Crippen molar-refractivity contribution < 1.29 is 8.42 Å². The molecule has 1 rings (SSSR count). The number of nitrogens with two attached hydrogens (primary N) is 1. The van der Waals surface area contributed by atoms with Crippen molar-refractivity contribution in [2.24, 2.45) is 5.73 Å². The summed E-state index contributed by atoms with van der Waals surface area (Å²) < 4.78 is 21.8. The van der Waals surface area contributed by atoms with Crippen molar-refractivity contribution in [2.75, 3.05) is 12.0 Å². The van der Waals surface area contributed by atoms with E-state index >= 15 is 0 Å². The molecule has 1 unspecified atom stereocenters. The Kier molecular flexibility index (Phi) is 3.54. The summed E-state index contributed by atoms with van der Waals surface area (Å²) in [6, 6.07) is -0.363. The molecule has 0 saturated carbocycles. The third kappa shape index (κ3) is 3.80. The molecule has 0 fully saturated rings. The van der Waals surface area contributed by atoms with Crippen molar-refractivity contribution in [2.45, 2.75) is 12.5 Å². The normalized spacial score (nSPS) is 13.9. The van der Waals surface area contributed by atoms with Gasteiger partial charge in [0.1, 0.15) is 9.84 Å². The molecule has 0 aliphatic rings. The first kappa shape index (κ1) is 11.1. The largest absolute Gasteiger partial charge is 0.323 e. The fraction of sp³-hybridized carbons (Fsp3) is 0.500. The predicted molar refractivity (Wildman–Crippen MR) is 53.3 cm³/mol. The molecule has 0 aromatic carbocycles. The molecule has 0 aliphatic carbocycles. The van der Waals surface area contributed by atoms with Crippen molar-refractivity contribution >= 4 is 9.84 Å². The third-order valence-electron chi connectivity index (χ3n) is 1.76. The first-order chi connectivity index (χ1) is 6.49. The van der Waals surface area contributed by atoms with Crippen LogP contribution in [-0.2, 0) is 9.84 Å². The second kappa shape index (κ2) is 4.47. The van der Waals surface area contributed by atoms with E-state index in [0.29, 0.717) is 12.1 Å². The van der Waals surface area contributed by atoms with Crippen LogP contribution in [0.25, 0.3) is 0 Å². The highest BCUT2D eigenvalue weighted by Gasteiger charge is 2.10. The highest BCUT2D eigenvalue weighted by molar-refractivity contribution is 7.90. The van der Waals surface area contributed by atoms with Gasteiger partial charge < -0.3 is 5.73 Å². The lowest BCUT2D eigenvalue weighted by Crippen LogP contribution is -2.16. The van der Waals surface area contributed by atoms with Crippen LogP contribution in [0.3, 0.4) is 0 Å². The maximum absolute atomic E-state index is 10.9. The van der Waals surface area contributed by atoms with Gasteiger partial charge in [-0.15, -0.1) is 0 Å². The van der Waals surface area contributed by atoms with Crippen LogP contribution in [-0.4, -0.2) is 30.4 Å². The Hall–Kier alpha value is -1.01. The molecule has 78 valence electrons. The summed E-state index contributed by atoms with van der Waals surface area (Å²) in [5, 5.41) is 0. The van der Waals surface area contributed by atoms with Gasteiger partial charge in [-0.3, -0.25) is 9.97 Å². The molecule has 0 bridgehead atoms. The first-order valence-corrected chi connectivity index (χ1v) is 6.24. The lowest BCUT2D eigenvalue weighted by Gasteiger charge is -2.08. The summed E-state index contributed by atoms with van der Waals surface area (Å²) in [7, 11) is -2.96. The molecule has 0 spiro atoms. The van der Waals surface area contributed by atoms with Crippen LogP contribution in [0.2, 0.25) is 0 Å². The fourth-order valence-corrected chi connectivity index (χ4v) is 1.67. The fourth-order valence-electron chi connectivity index (χ4n) is 0.991. The number of hydrogen-bond donors (Lipinski definition) is 1. The van der Waals surface area contributed by atoms with Gasteiger partial charge in [0.15, 0.2) is 0 Å². The lowest BCUT2D eigenvalue weighted by molar-refractivity contribution is 0.589. The second-order valence-electron chi connectivity index (χ2n) is 3.16. The van der Waals surface area contributed by atoms with E-state index in [9.17, 15) is 8.42 Å². The molecule has 1 heterocycles. The van der Waals surface area contributed by atoms with E-state index in [1.165, 1.54) is 12.5 Å². The lowest BCUT2D eigenvalue weighted by atomic mass is 10.2. The molecular weight excluding hydrogens is 202 g/mol. The average molecular weight is 215 g/mol. The van der Waals surface area contributed by atoms with E-state index in [-0.39, 0.29) is 11.8 Å². The SMILES string of the molecule is CS(=O)(=O)CCC(N)c1cnccn1. The number of aromatic nitrogens is 2. The van der Waals surface area contributed by atoms with Crippen LogP contribution in [0.15, 0.2) is 18.6 Å². The maximum Gasteiger partial charge on any atom is 0.147 e. The van der Waals surface area contributed by atoms with Gasteiger partial charge in [0.05, 0.1) is 11.4 Å². The number of rotatable bonds is 4. The Morgan fingerprint density at radius 1 is 1.50 bits per heavy atom. The molecule has 0 saturated heterocycles. The molecule has 6 heteroatoms. The highest BCUT2D eigenvalue weighted by Crippen LogP contribution is 2.09. The average Bonchev–Trinajstić information content (AvgIpc) is 2.14. The Bertz CT molecular complexity index is 377. The van der Waals surface area contributed by atoms with E-state index < -0.39 is 9.84 Å². The van der Waals surface area contributed by atoms with Gasteiger partial charge in [0.25, 0.3) is 0 Å². The molecule has 14 heavy (non-hydrogen) atoms. The Balaban J connectivity index is 2.56. The molecule has 1 atom stereocenters. The van der Waals surface area contributed by atoms with Crippen LogP contribution in [0.4, 0.5) is 0 Å². The molecule has 0 amide bonds. The van der Waals surface area contributed by atoms with Gasteiger partial charge >= 0.3 is 0 Å². The van der Waals surface area contributed by atoms with Gasteiger partial charge in [-0.2, -0.15) is 0 Å². The van der Waals surface area contributed by atoms with Crippen molar-refractivity contribution in [1.82, 2.24) is 9.97 Å². The second-order valence-corrected chi connectivity index (χ2v) is 5.42. The summed E-state index contributed by atoms with van der Waals surface area (Å²) in [6.07, 6.45) is 6.20. The summed E-state index contributed by atoms with van der Waals surface area (Å²) >= 11 is 0. The van der Waals surface area contributed by atoms with Crippen LogP contribution >= 0.6 is 0 Å². The van der Waals surface area contributed by atoms with Crippen LogP contribution in [0.1, 0.15) is 18.2 Å². The summed E-state index contributed by atoms with van der Waals surface area (Å²) in [4.78, 5) is 7.86. The molecule has 0 aliphatic heterocycles. The van der Waals surface area contributed by atoms with E-state index in [1.807, 2.05) is 0 Å². The summed E-state index contributed by atoms with van der Waals surface area (Å²) in [5.74, 6) is 0.0741. The van der Waals surface area contributed by atoms with Crippen molar-refractivity contribution in [3.63, 3.8) is 0 Å². The topological polar surface area (TPSA) is 85.9 Å². The Morgan fingerprint density at radius 3 is 2.71 bits per heavy atom. The zero-order chi connectivity index (χ0) is 10.6.